The van der Waals surface area contributed by atoms with E-state index in [0.717, 1.165) is 83.1 Å². The zero-order valence-corrected chi connectivity index (χ0v) is 30.3. The average molecular weight is 708 g/mol. The maximum atomic E-state index is 6.43. The first kappa shape index (κ1) is 30.4. The number of para-hydroxylation sites is 3. The Morgan fingerprint density at radius 2 is 0.909 bits per heavy atom. The van der Waals surface area contributed by atoms with Gasteiger partial charge in [-0.2, -0.15) is 0 Å². The summed E-state index contributed by atoms with van der Waals surface area (Å²) in [6.07, 6.45) is 0. The number of furan rings is 3. The van der Waals surface area contributed by atoms with Crippen LogP contribution in [0.4, 0.5) is 17.1 Å². The lowest BCUT2D eigenvalue weighted by Gasteiger charge is -2.27. The van der Waals surface area contributed by atoms with Gasteiger partial charge >= 0.3 is 0 Å². The fraction of sp³-hybridized carbons (Fsp3) is 0.0588. The van der Waals surface area contributed by atoms with Crippen LogP contribution in [0.2, 0.25) is 0 Å². The zero-order chi connectivity index (χ0) is 36.4. The standard InChI is InChI=1S/C51H33NO3/c1-51(2)39-27-31(24-25-33(39)37-29-48-38(28-40(37)51)34-14-3-6-19-43(34)55-48)30-12-9-13-32(26-30)52(41-17-10-22-46-49(41)35-15-4-7-20-44(35)53-46)42-18-11-23-47-50(42)36-16-5-8-21-45(36)54-47/h3-29H,1-2H3. The molecule has 4 nitrogen and oxygen atoms in total. The lowest BCUT2D eigenvalue weighted by molar-refractivity contribution is 0.658. The lowest BCUT2D eigenvalue weighted by Crippen LogP contribution is -2.15. The van der Waals surface area contributed by atoms with Crippen molar-refractivity contribution in [3.05, 3.63) is 175 Å². The zero-order valence-electron chi connectivity index (χ0n) is 30.3. The molecule has 4 heteroatoms. The van der Waals surface area contributed by atoms with Crippen LogP contribution in [0.5, 0.6) is 0 Å². The van der Waals surface area contributed by atoms with Crippen LogP contribution in [0.15, 0.2) is 177 Å². The number of fused-ring (bicyclic) bond motifs is 12. The van der Waals surface area contributed by atoms with Gasteiger partial charge in [0.1, 0.15) is 33.5 Å². The molecule has 11 aromatic rings. The third kappa shape index (κ3) is 4.28. The molecule has 0 saturated carbocycles. The molecule has 3 heterocycles. The first-order valence-corrected chi connectivity index (χ1v) is 18.8. The largest absolute Gasteiger partial charge is 0.456 e. The van der Waals surface area contributed by atoms with E-state index < -0.39 is 0 Å². The van der Waals surface area contributed by atoms with Gasteiger partial charge in [0.25, 0.3) is 0 Å². The molecule has 0 bridgehead atoms. The van der Waals surface area contributed by atoms with Crippen molar-refractivity contribution >= 4 is 82.9 Å². The van der Waals surface area contributed by atoms with E-state index in [-0.39, 0.29) is 5.41 Å². The summed E-state index contributed by atoms with van der Waals surface area (Å²) in [5.74, 6) is 0. The Morgan fingerprint density at radius 1 is 0.382 bits per heavy atom. The van der Waals surface area contributed by atoms with E-state index >= 15 is 0 Å². The molecule has 0 N–H and O–H groups in total. The minimum Gasteiger partial charge on any atom is -0.456 e. The molecule has 0 saturated heterocycles. The lowest BCUT2D eigenvalue weighted by atomic mass is 9.81. The molecule has 0 radical (unpaired) electrons. The molecule has 55 heavy (non-hydrogen) atoms. The van der Waals surface area contributed by atoms with Crippen molar-refractivity contribution in [2.75, 3.05) is 4.90 Å². The Morgan fingerprint density at radius 3 is 1.58 bits per heavy atom. The number of rotatable bonds is 4. The average Bonchev–Trinajstić information content (AvgIpc) is 3.96. The van der Waals surface area contributed by atoms with Crippen molar-refractivity contribution in [3.63, 3.8) is 0 Å². The van der Waals surface area contributed by atoms with Crippen LogP contribution in [0.1, 0.15) is 25.0 Å². The van der Waals surface area contributed by atoms with Crippen molar-refractivity contribution in [3.8, 4) is 22.3 Å². The Labute approximate surface area is 316 Å². The van der Waals surface area contributed by atoms with Gasteiger partial charge in [-0.15, -0.1) is 0 Å². The van der Waals surface area contributed by atoms with Crippen LogP contribution in [0.25, 0.3) is 88.1 Å². The van der Waals surface area contributed by atoms with Crippen molar-refractivity contribution in [1.82, 2.24) is 0 Å². The maximum absolute atomic E-state index is 6.43. The van der Waals surface area contributed by atoms with Crippen LogP contribution in [-0.4, -0.2) is 0 Å². The molecule has 0 unspecified atom stereocenters. The fourth-order valence-corrected chi connectivity index (χ4v) is 9.25. The molecule has 0 atom stereocenters. The van der Waals surface area contributed by atoms with Gasteiger partial charge in [0.05, 0.1) is 22.1 Å². The van der Waals surface area contributed by atoms with Gasteiger partial charge in [0, 0.05) is 32.6 Å². The topological polar surface area (TPSA) is 42.7 Å². The van der Waals surface area contributed by atoms with Gasteiger partial charge in [-0.25, -0.2) is 0 Å². The van der Waals surface area contributed by atoms with Gasteiger partial charge in [-0.05, 0) is 106 Å². The van der Waals surface area contributed by atoms with Gasteiger partial charge in [0.15, 0.2) is 0 Å². The van der Waals surface area contributed by atoms with Gasteiger partial charge < -0.3 is 18.2 Å². The summed E-state index contributed by atoms with van der Waals surface area (Å²) < 4.78 is 19.2. The molecule has 0 fully saturated rings. The molecule has 8 aromatic carbocycles. The molecule has 260 valence electrons. The molecular weight excluding hydrogens is 675 g/mol. The number of benzene rings is 8. The number of hydrogen-bond acceptors (Lipinski definition) is 4. The number of nitrogens with zero attached hydrogens (tertiary/aromatic N) is 1. The maximum Gasteiger partial charge on any atom is 0.137 e. The Hall–Kier alpha value is -7.04. The highest BCUT2D eigenvalue weighted by atomic mass is 16.3. The highest BCUT2D eigenvalue weighted by Crippen LogP contribution is 2.52. The third-order valence-electron chi connectivity index (χ3n) is 11.9. The van der Waals surface area contributed by atoms with E-state index in [1.54, 1.807) is 0 Å². The summed E-state index contributed by atoms with van der Waals surface area (Å²) >= 11 is 0. The van der Waals surface area contributed by atoms with Crippen molar-refractivity contribution in [1.29, 1.82) is 0 Å². The molecule has 0 amide bonds. The van der Waals surface area contributed by atoms with Crippen molar-refractivity contribution in [2.45, 2.75) is 19.3 Å². The summed E-state index contributed by atoms with van der Waals surface area (Å²) in [4.78, 5) is 2.38. The Kier molecular flexibility index (Phi) is 6.09. The third-order valence-corrected chi connectivity index (χ3v) is 11.9. The molecular formula is C51H33NO3. The molecule has 12 rings (SSSR count). The predicted molar refractivity (Wildman–Crippen MR) is 226 cm³/mol. The molecule has 0 spiro atoms. The first-order valence-electron chi connectivity index (χ1n) is 18.8. The summed E-state index contributed by atoms with van der Waals surface area (Å²) in [5, 5.41) is 6.64. The quantitative estimate of drug-likeness (QED) is 0.183. The van der Waals surface area contributed by atoms with Crippen LogP contribution in [0, 0.1) is 0 Å². The first-order chi connectivity index (χ1) is 27.0. The van der Waals surface area contributed by atoms with Gasteiger partial charge in [-0.1, -0.05) is 105 Å². The van der Waals surface area contributed by atoms with E-state index in [1.807, 2.05) is 30.3 Å². The smallest absolute Gasteiger partial charge is 0.137 e. The molecule has 0 aliphatic heterocycles. The van der Waals surface area contributed by atoms with E-state index in [9.17, 15) is 0 Å². The fourth-order valence-electron chi connectivity index (χ4n) is 9.25. The Bertz CT molecular complexity index is 3260. The molecule has 1 aliphatic rings. The summed E-state index contributed by atoms with van der Waals surface area (Å²) in [7, 11) is 0. The van der Waals surface area contributed by atoms with Crippen LogP contribution in [0.3, 0.4) is 0 Å². The minimum absolute atomic E-state index is 0.188. The summed E-state index contributed by atoms with van der Waals surface area (Å²) in [6.45, 7) is 4.69. The van der Waals surface area contributed by atoms with Gasteiger partial charge in [-0.3, -0.25) is 0 Å². The predicted octanol–water partition coefficient (Wildman–Crippen LogP) is 14.8. The highest BCUT2D eigenvalue weighted by Gasteiger charge is 2.36. The van der Waals surface area contributed by atoms with E-state index in [2.05, 4.69) is 152 Å². The minimum atomic E-state index is -0.188. The van der Waals surface area contributed by atoms with Crippen molar-refractivity contribution in [2.24, 2.45) is 0 Å². The number of hydrogen-bond donors (Lipinski definition) is 0. The number of anilines is 3. The van der Waals surface area contributed by atoms with Crippen LogP contribution < -0.4 is 4.90 Å². The second-order valence-corrected chi connectivity index (χ2v) is 15.3. The van der Waals surface area contributed by atoms with Crippen LogP contribution >= 0.6 is 0 Å². The Balaban J connectivity index is 1.06. The SMILES string of the molecule is CC1(C)c2cc(-c3cccc(N(c4cccc5oc6ccccc6c45)c4cccc5oc6ccccc6c45)c3)ccc2-c2cc3oc4ccccc4c3cc21. The monoisotopic (exact) mass is 707 g/mol. The van der Waals surface area contributed by atoms with E-state index in [0.29, 0.717) is 0 Å². The second kappa shape index (κ2) is 11.0. The summed E-state index contributed by atoms with van der Waals surface area (Å²) in [6, 6.07) is 58.1. The van der Waals surface area contributed by atoms with E-state index in [4.69, 9.17) is 13.3 Å². The molecule has 1 aliphatic carbocycles. The normalized spacial score (nSPS) is 13.4. The molecule has 3 aromatic heterocycles. The van der Waals surface area contributed by atoms with Gasteiger partial charge in [0.2, 0.25) is 0 Å². The van der Waals surface area contributed by atoms with Crippen LogP contribution in [-0.2, 0) is 5.41 Å². The highest BCUT2D eigenvalue weighted by molar-refractivity contribution is 6.18. The summed E-state index contributed by atoms with van der Waals surface area (Å²) in [5.41, 5.74) is 15.7. The second-order valence-electron chi connectivity index (χ2n) is 15.3. The van der Waals surface area contributed by atoms with E-state index in [1.165, 1.54) is 33.2 Å². The van der Waals surface area contributed by atoms with Crippen molar-refractivity contribution < 1.29 is 13.3 Å².